The number of aliphatic hydroxyl groups excluding tert-OH is 1. The molecule has 1 aromatic heterocycles. The van der Waals surface area contributed by atoms with Crippen molar-refractivity contribution in [3.63, 3.8) is 0 Å². The number of H-pyrrole nitrogens is 1. The van der Waals surface area contributed by atoms with Crippen LogP contribution in [0.2, 0.25) is 5.02 Å². The molecule has 11 heteroatoms. The number of imide groups is 1. The molecule has 170 valence electrons. The number of fused-ring (bicyclic) bond motifs is 1. The van der Waals surface area contributed by atoms with Gasteiger partial charge in [0.1, 0.15) is 11.7 Å². The summed E-state index contributed by atoms with van der Waals surface area (Å²) in [7, 11) is 0. The number of urea groups is 1. The third-order valence-electron chi connectivity index (χ3n) is 5.06. The summed E-state index contributed by atoms with van der Waals surface area (Å²) in [6.45, 7) is -0.560. The maximum Gasteiger partial charge on any atom is 0.330 e. The number of carbonyl (C=O) groups excluding carboxylic acids is 3. The van der Waals surface area contributed by atoms with Gasteiger partial charge in [-0.05, 0) is 35.9 Å². The number of rotatable bonds is 6. The Bertz CT molecular complexity index is 1310. The zero-order valence-electron chi connectivity index (χ0n) is 16.9. The number of carbonyl (C=O) groups is 3. The molecule has 0 bridgehead atoms. The molecule has 1 unspecified atom stereocenters. The molecule has 4 rings (SSSR count). The van der Waals surface area contributed by atoms with E-state index < -0.39 is 42.1 Å². The summed E-state index contributed by atoms with van der Waals surface area (Å²) < 4.78 is 27.3. The highest BCUT2D eigenvalue weighted by molar-refractivity contribution is 6.31. The van der Waals surface area contributed by atoms with Gasteiger partial charge in [0.25, 0.3) is 5.91 Å². The molecule has 8 nitrogen and oxygen atoms in total. The fraction of sp³-hybridized carbons (Fsp3) is 0.136. The Labute approximate surface area is 190 Å². The van der Waals surface area contributed by atoms with Crippen LogP contribution >= 0.6 is 11.6 Å². The van der Waals surface area contributed by atoms with Crippen molar-refractivity contribution in [2.45, 2.75) is 6.04 Å². The molecule has 1 aliphatic rings. The molecular formula is C22H17ClF2N4O4. The van der Waals surface area contributed by atoms with Gasteiger partial charge in [-0.2, -0.15) is 0 Å². The van der Waals surface area contributed by atoms with Crippen LogP contribution in [0.3, 0.4) is 0 Å². The van der Waals surface area contributed by atoms with Crippen molar-refractivity contribution in [3.8, 4) is 0 Å². The van der Waals surface area contributed by atoms with E-state index >= 15 is 0 Å². The number of benzene rings is 2. The van der Waals surface area contributed by atoms with Gasteiger partial charge in [0, 0.05) is 34.2 Å². The Balaban J connectivity index is 1.72. The van der Waals surface area contributed by atoms with Crippen molar-refractivity contribution in [1.29, 1.82) is 0 Å². The van der Waals surface area contributed by atoms with Crippen molar-refractivity contribution in [2.75, 3.05) is 13.2 Å². The summed E-state index contributed by atoms with van der Waals surface area (Å²) in [5.41, 5.74) is 1.07. The lowest BCUT2D eigenvalue weighted by atomic mass is 10.0. The van der Waals surface area contributed by atoms with Crippen LogP contribution in [0.25, 0.3) is 17.0 Å². The van der Waals surface area contributed by atoms with Crippen molar-refractivity contribution in [1.82, 2.24) is 20.5 Å². The van der Waals surface area contributed by atoms with Crippen LogP contribution in [0.15, 0.2) is 48.3 Å². The van der Waals surface area contributed by atoms with Gasteiger partial charge in [-0.15, -0.1) is 0 Å². The molecule has 2 heterocycles. The number of amides is 4. The molecule has 0 aliphatic carbocycles. The fourth-order valence-corrected chi connectivity index (χ4v) is 3.73. The first-order chi connectivity index (χ1) is 15.8. The maximum atomic E-state index is 13.9. The lowest BCUT2D eigenvalue weighted by Gasteiger charge is -2.24. The minimum atomic E-state index is -1.59. The van der Waals surface area contributed by atoms with Gasteiger partial charge in [0.05, 0.1) is 6.61 Å². The van der Waals surface area contributed by atoms with E-state index in [0.29, 0.717) is 21.0 Å². The molecule has 33 heavy (non-hydrogen) atoms. The summed E-state index contributed by atoms with van der Waals surface area (Å²) in [6.07, 6.45) is 3.05. The van der Waals surface area contributed by atoms with Crippen LogP contribution in [0.5, 0.6) is 0 Å². The van der Waals surface area contributed by atoms with Gasteiger partial charge in [0.2, 0.25) is 5.91 Å². The minimum Gasteiger partial charge on any atom is -0.395 e. The highest BCUT2D eigenvalue weighted by atomic mass is 35.5. The number of nitrogens with one attached hydrogen (secondary N) is 3. The summed E-state index contributed by atoms with van der Waals surface area (Å²) in [6, 6.07) is 5.25. The first kappa shape index (κ1) is 22.4. The largest absolute Gasteiger partial charge is 0.395 e. The normalized spacial score (nSPS) is 15.9. The second-order valence-corrected chi connectivity index (χ2v) is 7.62. The summed E-state index contributed by atoms with van der Waals surface area (Å²) in [5, 5.41) is 15.0. The predicted octanol–water partition coefficient (Wildman–Crippen LogP) is 2.84. The van der Waals surface area contributed by atoms with E-state index in [2.05, 4.69) is 15.6 Å². The van der Waals surface area contributed by atoms with Crippen molar-refractivity contribution in [3.05, 3.63) is 76.1 Å². The Morgan fingerprint density at radius 2 is 1.97 bits per heavy atom. The SMILES string of the molecule is O=C(NCCO)C(c1ccc(F)c(F)c1)N1C(=O)NC(=Cc2c[nH]c3cc(Cl)ccc23)C1=O. The van der Waals surface area contributed by atoms with Crippen LogP contribution in [0, 0.1) is 11.6 Å². The van der Waals surface area contributed by atoms with Crippen molar-refractivity contribution in [2.24, 2.45) is 0 Å². The maximum absolute atomic E-state index is 13.9. The molecule has 1 fully saturated rings. The molecule has 0 radical (unpaired) electrons. The predicted molar refractivity (Wildman–Crippen MR) is 116 cm³/mol. The van der Waals surface area contributed by atoms with Crippen LogP contribution in [-0.4, -0.2) is 46.0 Å². The van der Waals surface area contributed by atoms with Gasteiger partial charge in [0.15, 0.2) is 11.6 Å². The number of nitrogens with zero attached hydrogens (tertiary/aromatic N) is 1. The average molecular weight is 475 g/mol. The number of hydrogen-bond acceptors (Lipinski definition) is 4. The van der Waals surface area contributed by atoms with Crippen molar-refractivity contribution >= 4 is 46.4 Å². The average Bonchev–Trinajstić information content (AvgIpc) is 3.30. The molecule has 4 amide bonds. The zero-order chi connectivity index (χ0) is 23.7. The standard InChI is InChI=1S/C22H17ClF2N4O4/c23-13-2-3-14-12(10-27-17(14)9-13)8-18-21(32)29(22(33)28-18)19(20(31)26-5-6-30)11-1-4-15(24)16(25)7-11/h1-4,7-10,19,27,30H,5-6H2,(H,26,31)(H,28,33). The third kappa shape index (κ3) is 4.30. The first-order valence-corrected chi connectivity index (χ1v) is 10.1. The Hall–Kier alpha value is -3.76. The van der Waals surface area contributed by atoms with Crippen molar-refractivity contribution < 1.29 is 28.3 Å². The van der Waals surface area contributed by atoms with E-state index in [1.54, 1.807) is 24.4 Å². The molecule has 0 spiro atoms. The number of halogens is 3. The first-order valence-electron chi connectivity index (χ1n) is 9.76. The summed E-state index contributed by atoms with van der Waals surface area (Å²) in [5.74, 6) is -4.07. The fourth-order valence-electron chi connectivity index (χ4n) is 3.55. The molecular weight excluding hydrogens is 458 g/mol. The van der Waals surface area contributed by atoms with E-state index in [9.17, 15) is 23.2 Å². The van der Waals surface area contributed by atoms with Crippen LogP contribution in [0.4, 0.5) is 13.6 Å². The van der Waals surface area contributed by atoms with E-state index in [4.69, 9.17) is 16.7 Å². The summed E-state index contributed by atoms with van der Waals surface area (Å²) in [4.78, 5) is 42.2. The van der Waals surface area contributed by atoms with E-state index in [-0.39, 0.29) is 17.8 Å². The third-order valence-corrected chi connectivity index (χ3v) is 5.30. The topological polar surface area (TPSA) is 115 Å². The number of aromatic amines is 1. The highest BCUT2D eigenvalue weighted by Crippen LogP contribution is 2.29. The van der Waals surface area contributed by atoms with E-state index in [1.807, 2.05) is 0 Å². The van der Waals surface area contributed by atoms with Crippen LogP contribution < -0.4 is 10.6 Å². The highest BCUT2D eigenvalue weighted by Gasteiger charge is 2.43. The molecule has 1 aliphatic heterocycles. The number of aliphatic hydroxyl groups is 1. The second kappa shape index (κ2) is 9.00. The quantitative estimate of drug-likeness (QED) is 0.325. The molecule has 1 atom stereocenters. The van der Waals surface area contributed by atoms with Gasteiger partial charge in [-0.25, -0.2) is 18.5 Å². The second-order valence-electron chi connectivity index (χ2n) is 7.19. The van der Waals surface area contributed by atoms with Crippen LogP contribution in [0.1, 0.15) is 17.2 Å². The summed E-state index contributed by atoms with van der Waals surface area (Å²) >= 11 is 5.98. The lowest BCUT2D eigenvalue weighted by Crippen LogP contribution is -2.44. The van der Waals surface area contributed by atoms with E-state index in [1.165, 1.54) is 6.08 Å². The molecule has 4 N–H and O–H groups in total. The minimum absolute atomic E-state index is 0.113. The lowest BCUT2D eigenvalue weighted by molar-refractivity contribution is -0.133. The van der Waals surface area contributed by atoms with E-state index in [0.717, 1.165) is 23.6 Å². The molecule has 0 saturated carbocycles. The molecule has 2 aromatic carbocycles. The number of aromatic nitrogens is 1. The van der Waals surface area contributed by atoms with Crippen LogP contribution in [-0.2, 0) is 9.59 Å². The Kier molecular flexibility index (Phi) is 6.12. The number of hydrogen-bond donors (Lipinski definition) is 4. The molecule has 1 saturated heterocycles. The Morgan fingerprint density at radius 3 is 2.70 bits per heavy atom. The Morgan fingerprint density at radius 1 is 1.18 bits per heavy atom. The molecule has 3 aromatic rings. The zero-order valence-corrected chi connectivity index (χ0v) is 17.6. The smallest absolute Gasteiger partial charge is 0.330 e. The van der Waals surface area contributed by atoms with Gasteiger partial charge < -0.3 is 20.7 Å². The van der Waals surface area contributed by atoms with Gasteiger partial charge in [-0.3, -0.25) is 9.59 Å². The van der Waals surface area contributed by atoms with Gasteiger partial charge >= 0.3 is 6.03 Å². The van der Waals surface area contributed by atoms with Gasteiger partial charge in [-0.1, -0.05) is 23.7 Å². The monoisotopic (exact) mass is 474 g/mol.